The van der Waals surface area contributed by atoms with E-state index in [1.54, 1.807) is 0 Å². The number of aryl methyl sites for hydroxylation is 2. The third-order valence-corrected chi connectivity index (χ3v) is 2.81. The van der Waals surface area contributed by atoms with Crippen LogP contribution in [-0.2, 0) is 0 Å². The summed E-state index contributed by atoms with van der Waals surface area (Å²) in [6, 6.07) is 13.9. The number of ether oxygens (including phenoxy) is 1. The number of hydrogen-bond acceptors (Lipinski definition) is 3. The monoisotopic (exact) mass is 256 g/mol. The lowest BCUT2D eigenvalue weighted by Crippen LogP contribution is -2.11. The topological polar surface area (TPSA) is 47.3 Å². The zero-order valence-corrected chi connectivity index (χ0v) is 11.4. The number of anilines is 2. The van der Waals surface area contributed by atoms with Gasteiger partial charge in [-0.1, -0.05) is 6.07 Å². The van der Waals surface area contributed by atoms with Crippen molar-refractivity contribution in [2.45, 2.75) is 13.8 Å². The predicted octanol–water partition coefficient (Wildman–Crippen LogP) is 3.38. The second kappa shape index (κ2) is 6.14. The van der Waals surface area contributed by atoms with Crippen LogP contribution in [0.3, 0.4) is 0 Å². The molecule has 0 aromatic heterocycles. The molecule has 0 aliphatic carbocycles. The van der Waals surface area contributed by atoms with Crippen molar-refractivity contribution in [3.63, 3.8) is 0 Å². The molecule has 3 nitrogen and oxygen atoms in total. The first-order valence-electron chi connectivity index (χ1n) is 6.44. The first kappa shape index (κ1) is 13.3. The number of rotatable bonds is 5. The number of hydrogen-bond donors (Lipinski definition) is 2. The molecule has 0 fully saturated rings. The van der Waals surface area contributed by atoms with Crippen LogP contribution in [0.2, 0.25) is 0 Å². The van der Waals surface area contributed by atoms with Gasteiger partial charge >= 0.3 is 0 Å². The van der Waals surface area contributed by atoms with Crippen molar-refractivity contribution in [1.29, 1.82) is 0 Å². The minimum atomic E-state index is 0.632. The maximum absolute atomic E-state index is 5.73. The van der Waals surface area contributed by atoms with Gasteiger partial charge in [0.25, 0.3) is 0 Å². The molecular formula is C16H20N2O. The van der Waals surface area contributed by atoms with Crippen molar-refractivity contribution >= 4 is 11.4 Å². The van der Waals surface area contributed by atoms with Gasteiger partial charge in [-0.25, -0.2) is 0 Å². The molecular weight excluding hydrogens is 236 g/mol. The molecule has 3 heteroatoms. The second-order valence-corrected chi connectivity index (χ2v) is 4.72. The Morgan fingerprint density at radius 3 is 2.26 bits per heavy atom. The van der Waals surface area contributed by atoms with Crippen LogP contribution in [0.25, 0.3) is 0 Å². The molecule has 2 aromatic rings. The molecule has 0 heterocycles. The Bertz CT molecular complexity index is 515. The van der Waals surface area contributed by atoms with Gasteiger partial charge in [-0.2, -0.15) is 0 Å². The van der Waals surface area contributed by atoms with E-state index in [4.69, 9.17) is 10.5 Å². The maximum atomic E-state index is 5.73. The third kappa shape index (κ3) is 4.21. The lowest BCUT2D eigenvalue weighted by atomic mass is 10.1. The molecule has 0 unspecified atom stereocenters. The Balaban J connectivity index is 1.79. The first-order chi connectivity index (χ1) is 9.13. The van der Waals surface area contributed by atoms with Crippen molar-refractivity contribution < 1.29 is 4.74 Å². The molecule has 2 aromatic carbocycles. The van der Waals surface area contributed by atoms with Crippen molar-refractivity contribution in [3.8, 4) is 5.75 Å². The average molecular weight is 256 g/mol. The highest BCUT2D eigenvalue weighted by Crippen LogP contribution is 2.16. The summed E-state index contributed by atoms with van der Waals surface area (Å²) in [5, 5.41) is 3.29. The molecule has 3 N–H and O–H groups in total. The number of nitrogen functional groups attached to an aromatic ring is 1. The van der Waals surface area contributed by atoms with E-state index in [1.807, 2.05) is 24.3 Å². The van der Waals surface area contributed by atoms with E-state index >= 15 is 0 Å². The summed E-state index contributed by atoms with van der Waals surface area (Å²) in [5.74, 6) is 0.927. The van der Waals surface area contributed by atoms with Crippen molar-refractivity contribution in [1.82, 2.24) is 0 Å². The summed E-state index contributed by atoms with van der Waals surface area (Å²) in [6.07, 6.45) is 0. The molecule has 0 aliphatic heterocycles. The predicted molar refractivity (Wildman–Crippen MR) is 80.8 cm³/mol. The van der Waals surface area contributed by atoms with Gasteiger partial charge < -0.3 is 15.8 Å². The number of benzene rings is 2. The summed E-state index contributed by atoms with van der Waals surface area (Å²) >= 11 is 0. The van der Waals surface area contributed by atoms with Gasteiger partial charge in [0.05, 0.1) is 0 Å². The minimum absolute atomic E-state index is 0.632. The van der Waals surface area contributed by atoms with Crippen LogP contribution in [0.1, 0.15) is 11.1 Å². The summed E-state index contributed by atoms with van der Waals surface area (Å²) in [6.45, 7) is 5.54. The smallest absolute Gasteiger partial charge is 0.119 e. The lowest BCUT2D eigenvalue weighted by molar-refractivity contribution is 0.332. The van der Waals surface area contributed by atoms with Gasteiger partial charge in [-0.05, 0) is 61.4 Å². The fourth-order valence-electron chi connectivity index (χ4n) is 1.98. The number of nitrogens with one attached hydrogen (secondary N) is 1. The molecule has 100 valence electrons. The standard InChI is InChI=1S/C16H20N2O/c1-12-9-13(2)11-16(10-12)19-8-7-18-15-5-3-14(17)4-6-15/h3-6,9-11,18H,7-8,17H2,1-2H3. The van der Waals surface area contributed by atoms with Gasteiger partial charge in [0.15, 0.2) is 0 Å². The Hall–Kier alpha value is -2.16. The Morgan fingerprint density at radius 1 is 1.00 bits per heavy atom. The zero-order chi connectivity index (χ0) is 13.7. The fourth-order valence-corrected chi connectivity index (χ4v) is 1.98. The molecule has 0 saturated heterocycles. The Labute approximate surface area is 114 Å². The molecule has 0 radical (unpaired) electrons. The Kier molecular flexibility index (Phi) is 4.29. The lowest BCUT2D eigenvalue weighted by Gasteiger charge is -2.10. The van der Waals surface area contributed by atoms with E-state index in [1.165, 1.54) is 11.1 Å². The highest BCUT2D eigenvalue weighted by molar-refractivity contribution is 5.51. The SMILES string of the molecule is Cc1cc(C)cc(OCCNc2ccc(N)cc2)c1. The molecule has 2 rings (SSSR count). The van der Waals surface area contributed by atoms with E-state index in [0.29, 0.717) is 6.61 Å². The summed E-state index contributed by atoms with van der Waals surface area (Å²) in [5.41, 5.74) is 9.91. The summed E-state index contributed by atoms with van der Waals surface area (Å²) in [7, 11) is 0. The van der Waals surface area contributed by atoms with Crippen molar-refractivity contribution in [3.05, 3.63) is 53.6 Å². The number of nitrogens with two attached hydrogens (primary N) is 1. The zero-order valence-electron chi connectivity index (χ0n) is 11.4. The minimum Gasteiger partial charge on any atom is -0.492 e. The van der Waals surface area contributed by atoms with Crippen LogP contribution < -0.4 is 15.8 Å². The van der Waals surface area contributed by atoms with E-state index in [2.05, 4.69) is 37.4 Å². The molecule has 0 atom stereocenters. The van der Waals surface area contributed by atoms with E-state index in [9.17, 15) is 0 Å². The van der Waals surface area contributed by atoms with Crippen LogP contribution in [0.4, 0.5) is 11.4 Å². The second-order valence-electron chi connectivity index (χ2n) is 4.72. The van der Waals surface area contributed by atoms with Crippen LogP contribution in [0, 0.1) is 13.8 Å². The van der Waals surface area contributed by atoms with Crippen molar-refractivity contribution in [2.24, 2.45) is 0 Å². The molecule has 19 heavy (non-hydrogen) atoms. The third-order valence-electron chi connectivity index (χ3n) is 2.81. The maximum Gasteiger partial charge on any atom is 0.119 e. The van der Waals surface area contributed by atoms with Crippen LogP contribution >= 0.6 is 0 Å². The van der Waals surface area contributed by atoms with Crippen molar-refractivity contribution in [2.75, 3.05) is 24.2 Å². The van der Waals surface area contributed by atoms with Crippen LogP contribution in [-0.4, -0.2) is 13.2 Å². The molecule has 0 bridgehead atoms. The molecule has 0 aliphatic rings. The molecule has 0 saturated carbocycles. The van der Waals surface area contributed by atoms with E-state index in [-0.39, 0.29) is 0 Å². The van der Waals surface area contributed by atoms with Gasteiger partial charge in [0.2, 0.25) is 0 Å². The fraction of sp³-hybridized carbons (Fsp3) is 0.250. The van der Waals surface area contributed by atoms with Gasteiger partial charge in [-0.15, -0.1) is 0 Å². The van der Waals surface area contributed by atoms with E-state index in [0.717, 1.165) is 23.7 Å². The highest BCUT2D eigenvalue weighted by Gasteiger charge is 1.97. The summed E-state index contributed by atoms with van der Waals surface area (Å²) in [4.78, 5) is 0. The van der Waals surface area contributed by atoms with Gasteiger partial charge in [0, 0.05) is 17.9 Å². The van der Waals surface area contributed by atoms with Crippen LogP contribution in [0.15, 0.2) is 42.5 Å². The highest BCUT2D eigenvalue weighted by atomic mass is 16.5. The largest absolute Gasteiger partial charge is 0.492 e. The van der Waals surface area contributed by atoms with Gasteiger partial charge in [-0.3, -0.25) is 0 Å². The normalized spacial score (nSPS) is 10.2. The van der Waals surface area contributed by atoms with Crippen LogP contribution in [0.5, 0.6) is 5.75 Å². The summed E-state index contributed by atoms with van der Waals surface area (Å²) < 4.78 is 5.73. The van der Waals surface area contributed by atoms with E-state index < -0.39 is 0 Å². The Morgan fingerprint density at radius 2 is 1.63 bits per heavy atom. The first-order valence-corrected chi connectivity index (χ1v) is 6.44. The van der Waals surface area contributed by atoms with Gasteiger partial charge in [0.1, 0.15) is 12.4 Å². The average Bonchev–Trinajstić information content (AvgIpc) is 2.36. The molecule has 0 amide bonds. The quantitative estimate of drug-likeness (QED) is 0.637. The molecule has 0 spiro atoms.